The van der Waals surface area contributed by atoms with Gasteiger partial charge in [0, 0.05) is 21.7 Å². The molecule has 26 heavy (non-hydrogen) atoms. The molecule has 0 radical (unpaired) electrons. The predicted octanol–water partition coefficient (Wildman–Crippen LogP) is 5.83. The first-order valence-electron chi connectivity index (χ1n) is 9.31. The summed E-state index contributed by atoms with van der Waals surface area (Å²) in [4.78, 5) is 12.7. The topological polar surface area (TPSA) is 31.2 Å². The number of nitrogens with zero attached hydrogens (tertiary/aromatic N) is 1. The highest BCUT2D eigenvalue weighted by Gasteiger charge is 2.29. The van der Waals surface area contributed by atoms with Gasteiger partial charge in [0.2, 0.25) is 0 Å². The maximum Gasteiger partial charge on any atom is 0.340 e. The molecule has 3 nitrogen and oxygen atoms in total. The van der Waals surface area contributed by atoms with E-state index in [1.54, 1.807) is 0 Å². The predicted molar refractivity (Wildman–Crippen MR) is 115 cm³/mol. The van der Waals surface area contributed by atoms with Gasteiger partial charge < -0.3 is 9.30 Å². The van der Waals surface area contributed by atoms with Crippen LogP contribution in [0.15, 0.2) is 24.3 Å². The van der Waals surface area contributed by atoms with E-state index in [0.717, 1.165) is 61.9 Å². The highest BCUT2D eigenvalue weighted by Crippen LogP contribution is 2.37. The van der Waals surface area contributed by atoms with E-state index in [0.29, 0.717) is 5.88 Å². The van der Waals surface area contributed by atoms with Crippen molar-refractivity contribution < 1.29 is 9.53 Å². The van der Waals surface area contributed by atoms with Crippen LogP contribution in [-0.4, -0.2) is 23.5 Å². The molecule has 0 fully saturated rings. The molecule has 0 saturated carbocycles. The molecule has 0 N–H and O–H groups in total. The molecule has 0 saturated heterocycles. The smallest absolute Gasteiger partial charge is 0.340 e. The summed E-state index contributed by atoms with van der Waals surface area (Å²) >= 11 is 8.15. The number of fused-ring (bicyclic) bond motifs is 1. The SMILES string of the molecule is COC(=O)c1c2c(n(CCCCCCl)c1-c1ccc(I)cc1)CCCC2. The van der Waals surface area contributed by atoms with Gasteiger partial charge in [-0.1, -0.05) is 18.6 Å². The molecule has 3 rings (SSSR count). The highest BCUT2D eigenvalue weighted by atomic mass is 127. The van der Waals surface area contributed by atoms with E-state index < -0.39 is 0 Å². The average Bonchev–Trinajstić information content (AvgIpc) is 2.99. The van der Waals surface area contributed by atoms with Crippen LogP contribution in [0, 0.1) is 3.57 Å². The lowest BCUT2D eigenvalue weighted by molar-refractivity contribution is 0.0600. The van der Waals surface area contributed by atoms with Gasteiger partial charge in [0.15, 0.2) is 0 Å². The zero-order valence-electron chi connectivity index (χ0n) is 15.2. The lowest BCUT2D eigenvalue weighted by Gasteiger charge is -2.17. The quantitative estimate of drug-likeness (QED) is 0.214. The van der Waals surface area contributed by atoms with Gasteiger partial charge >= 0.3 is 5.97 Å². The normalized spacial score (nSPS) is 13.5. The summed E-state index contributed by atoms with van der Waals surface area (Å²) < 4.78 is 8.75. The second kappa shape index (κ2) is 9.27. The van der Waals surface area contributed by atoms with Crippen LogP contribution >= 0.6 is 34.2 Å². The fourth-order valence-electron chi connectivity index (χ4n) is 3.89. The Morgan fingerprint density at radius 3 is 2.58 bits per heavy atom. The molecule has 5 heteroatoms. The van der Waals surface area contributed by atoms with Gasteiger partial charge in [-0.2, -0.15) is 0 Å². The first kappa shape index (κ1) is 19.7. The summed E-state index contributed by atoms with van der Waals surface area (Å²) in [7, 11) is 1.48. The van der Waals surface area contributed by atoms with E-state index in [2.05, 4.69) is 51.4 Å². The van der Waals surface area contributed by atoms with E-state index in [1.165, 1.54) is 28.4 Å². The van der Waals surface area contributed by atoms with Gasteiger partial charge in [-0.05, 0) is 84.4 Å². The number of aromatic nitrogens is 1. The Labute approximate surface area is 174 Å². The summed E-state index contributed by atoms with van der Waals surface area (Å²) in [5.41, 5.74) is 5.44. The summed E-state index contributed by atoms with van der Waals surface area (Å²) in [5, 5.41) is 0. The Bertz CT molecular complexity index is 767. The number of benzene rings is 1. The number of carbonyl (C=O) groups is 1. The number of hydrogen-bond donors (Lipinski definition) is 0. The molecular formula is C21H25ClINO2. The van der Waals surface area contributed by atoms with Crippen molar-refractivity contribution >= 4 is 40.2 Å². The van der Waals surface area contributed by atoms with Crippen molar-refractivity contribution in [3.63, 3.8) is 0 Å². The molecule has 0 bridgehead atoms. The summed E-state index contributed by atoms with van der Waals surface area (Å²) in [5.74, 6) is 0.498. The Morgan fingerprint density at radius 1 is 1.15 bits per heavy atom. The van der Waals surface area contributed by atoms with Gasteiger partial charge in [0.1, 0.15) is 0 Å². The lowest BCUT2D eigenvalue weighted by Crippen LogP contribution is -2.10. The van der Waals surface area contributed by atoms with Crippen LogP contribution in [0.25, 0.3) is 11.3 Å². The van der Waals surface area contributed by atoms with Gasteiger partial charge in [0.05, 0.1) is 18.4 Å². The standard InChI is InChI=1S/C21H25ClINO2/c1-26-21(25)19-17-7-3-4-8-18(17)24(14-6-2-5-13-22)20(19)15-9-11-16(23)12-10-15/h9-12H,2-8,13-14H2,1H3. The molecular weight excluding hydrogens is 461 g/mol. The van der Waals surface area contributed by atoms with Gasteiger partial charge in [-0.15, -0.1) is 11.6 Å². The number of unbranched alkanes of at least 4 members (excludes halogenated alkanes) is 2. The fourth-order valence-corrected chi connectivity index (χ4v) is 4.44. The Balaban J connectivity index is 2.11. The van der Waals surface area contributed by atoms with E-state index in [1.807, 2.05) is 0 Å². The van der Waals surface area contributed by atoms with Crippen LogP contribution in [0.4, 0.5) is 0 Å². The highest BCUT2D eigenvalue weighted by molar-refractivity contribution is 14.1. The maximum atomic E-state index is 12.7. The van der Waals surface area contributed by atoms with Crippen molar-refractivity contribution in [2.75, 3.05) is 13.0 Å². The summed E-state index contributed by atoms with van der Waals surface area (Å²) in [6.07, 6.45) is 7.55. The maximum absolute atomic E-state index is 12.7. The van der Waals surface area contributed by atoms with E-state index >= 15 is 0 Å². The zero-order chi connectivity index (χ0) is 18.5. The fraction of sp³-hybridized carbons (Fsp3) is 0.476. The monoisotopic (exact) mass is 485 g/mol. The summed E-state index contributed by atoms with van der Waals surface area (Å²) in [6.45, 7) is 0.928. The Hall–Kier alpha value is -1.01. The van der Waals surface area contributed by atoms with Crippen LogP contribution in [-0.2, 0) is 24.1 Å². The number of esters is 1. The van der Waals surface area contributed by atoms with E-state index in [-0.39, 0.29) is 5.97 Å². The molecule has 0 atom stereocenters. The zero-order valence-corrected chi connectivity index (χ0v) is 18.1. The van der Waals surface area contributed by atoms with E-state index in [4.69, 9.17) is 16.3 Å². The van der Waals surface area contributed by atoms with E-state index in [9.17, 15) is 4.79 Å². The number of hydrogen-bond acceptors (Lipinski definition) is 2. The second-order valence-electron chi connectivity index (χ2n) is 6.76. The van der Waals surface area contributed by atoms with Crippen LogP contribution in [0.2, 0.25) is 0 Å². The molecule has 0 unspecified atom stereocenters. The second-order valence-corrected chi connectivity index (χ2v) is 8.38. The summed E-state index contributed by atoms with van der Waals surface area (Å²) in [6, 6.07) is 8.43. The number of ether oxygens (including phenoxy) is 1. The molecule has 2 aromatic rings. The van der Waals surface area contributed by atoms with Crippen LogP contribution in [0.5, 0.6) is 0 Å². The number of carbonyl (C=O) groups excluding carboxylic acids is 1. The molecule has 0 aliphatic heterocycles. The Kier molecular flexibility index (Phi) is 7.04. The van der Waals surface area contributed by atoms with Crippen LogP contribution in [0.1, 0.15) is 53.7 Å². The largest absolute Gasteiger partial charge is 0.465 e. The third-order valence-electron chi connectivity index (χ3n) is 5.10. The van der Waals surface area contributed by atoms with Crippen molar-refractivity contribution in [3.05, 3.63) is 44.7 Å². The average molecular weight is 486 g/mol. The minimum Gasteiger partial charge on any atom is -0.465 e. The Morgan fingerprint density at radius 2 is 1.88 bits per heavy atom. The number of rotatable bonds is 7. The van der Waals surface area contributed by atoms with Crippen LogP contribution < -0.4 is 0 Å². The molecule has 1 heterocycles. The minimum absolute atomic E-state index is 0.212. The number of alkyl halides is 1. The van der Waals surface area contributed by atoms with Crippen molar-refractivity contribution in [2.24, 2.45) is 0 Å². The minimum atomic E-state index is -0.212. The molecule has 140 valence electrons. The molecule has 0 amide bonds. The van der Waals surface area contributed by atoms with Gasteiger partial charge in [-0.3, -0.25) is 0 Å². The first-order chi connectivity index (χ1) is 12.7. The third kappa shape index (κ3) is 4.11. The molecule has 1 aromatic carbocycles. The number of methoxy groups -OCH3 is 1. The molecule has 1 aliphatic carbocycles. The van der Waals surface area contributed by atoms with Crippen molar-refractivity contribution in [1.29, 1.82) is 0 Å². The van der Waals surface area contributed by atoms with Crippen molar-refractivity contribution in [3.8, 4) is 11.3 Å². The molecule has 1 aromatic heterocycles. The van der Waals surface area contributed by atoms with Crippen LogP contribution in [0.3, 0.4) is 0 Å². The number of halogens is 2. The molecule has 0 spiro atoms. The third-order valence-corrected chi connectivity index (χ3v) is 6.08. The lowest BCUT2D eigenvalue weighted by atomic mass is 9.93. The van der Waals surface area contributed by atoms with Gasteiger partial charge in [-0.25, -0.2) is 4.79 Å². The molecule has 1 aliphatic rings. The first-order valence-corrected chi connectivity index (χ1v) is 10.9. The van der Waals surface area contributed by atoms with Crippen molar-refractivity contribution in [2.45, 2.75) is 51.5 Å². The van der Waals surface area contributed by atoms with Gasteiger partial charge in [0.25, 0.3) is 0 Å². The van der Waals surface area contributed by atoms with Crippen molar-refractivity contribution in [1.82, 2.24) is 4.57 Å².